The van der Waals surface area contributed by atoms with E-state index in [-0.39, 0.29) is 17.9 Å². The lowest BCUT2D eigenvalue weighted by atomic mass is 10.0. The average molecular weight is 700 g/mol. The van der Waals surface area contributed by atoms with Gasteiger partial charge in [0.2, 0.25) is 5.91 Å². The quantitative estimate of drug-likeness (QED) is 0.115. The lowest BCUT2D eigenvalue weighted by Gasteiger charge is -2.22. The van der Waals surface area contributed by atoms with Gasteiger partial charge in [-0.25, -0.2) is 18.0 Å². The van der Waals surface area contributed by atoms with Gasteiger partial charge in [-0.15, -0.1) is 0 Å². The van der Waals surface area contributed by atoms with E-state index in [2.05, 4.69) is 16.0 Å². The Morgan fingerprint density at radius 2 is 1.40 bits per heavy atom. The van der Waals surface area contributed by atoms with Crippen molar-refractivity contribution in [2.24, 2.45) is 0 Å². The molecule has 0 spiro atoms. The largest absolute Gasteiger partial charge is 0.445 e. The highest BCUT2D eigenvalue weighted by molar-refractivity contribution is 7.94. The zero-order valence-electron chi connectivity index (χ0n) is 28.6. The van der Waals surface area contributed by atoms with Gasteiger partial charge < -0.3 is 25.4 Å². The molecule has 10 nitrogen and oxygen atoms in total. The van der Waals surface area contributed by atoms with Gasteiger partial charge in [0.05, 0.1) is 4.90 Å². The van der Waals surface area contributed by atoms with E-state index in [4.69, 9.17) is 9.47 Å². The zero-order chi connectivity index (χ0) is 36.0. The van der Waals surface area contributed by atoms with Crippen molar-refractivity contribution in [2.45, 2.75) is 75.6 Å². The van der Waals surface area contributed by atoms with Gasteiger partial charge in [0.25, 0.3) is 0 Å². The Kier molecular flexibility index (Phi) is 13.6. The summed E-state index contributed by atoms with van der Waals surface area (Å²) in [5.74, 6) is -0.505. The van der Waals surface area contributed by atoms with E-state index in [1.54, 1.807) is 45.0 Å². The molecule has 264 valence electrons. The molecule has 0 heterocycles. The summed E-state index contributed by atoms with van der Waals surface area (Å²) in [6, 6.07) is 29.0. The summed E-state index contributed by atoms with van der Waals surface area (Å²) in [5.41, 5.74) is 0.985. The molecule has 0 fully saturated rings. The lowest BCUT2D eigenvalue weighted by Crippen LogP contribution is -2.50. The number of unbranched alkanes of at least 4 members (excludes halogenated alkanes) is 1. The lowest BCUT2D eigenvalue weighted by molar-refractivity contribution is -0.123. The van der Waals surface area contributed by atoms with Crippen LogP contribution < -0.4 is 16.0 Å². The molecule has 2 atom stereocenters. The van der Waals surface area contributed by atoms with Gasteiger partial charge in [0.15, 0.2) is 9.84 Å². The van der Waals surface area contributed by atoms with E-state index in [0.717, 1.165) is 21.9 Å². The van der Waals surface area contributed by atoms with E-state index in [9.17, 15) is 22.8 Å². The number of fused-ring (bicyclic) bond motifs is 1. The third-order valence-electron chi connectivity index (χ3n) is 7.59. The molecule has 3 N–H and O–H groups in total. The highest BCUT2D eigenvalue weighted by Crippen LogP contribution is 2.24. The van der Waals surface area contributed by atoms with Crippen molar-refractivity contribution < 1.29 is 32.3 Å². The monoisotopic (exact) mass is 699 g/mol. The van der Waals surface area contributed by atoms with Crippen molar-refractivity contribution in [3.63, 3.8) is 0 Å². The second-order valence-corrected chi connectivity index (χ2v) is 14.6. The van der Waals surface area contributed by atoms with Crippen LogP contribution >= 0.6 is 0 Å². The van der Waals surface area contributed by atoms with Gasteiger partial charge in [-0.3, -0.25) is 4.79 Å². The minimum atomic E-state index is -3.90. The first-order valence-corrected chi connectivity index (χ1v) is 18.1. The summed E-state index contributed by atoms with van der Waals surface area (Å²) >= 11 is 0. The van der Waals surface area contributed by atoms with Crippen molar-refractivity contribution in [3.05, 3.63) is 126 Å². The zero-order valence-corrected chi connectivity index (χ0v) is 29.4. The summed E-state index contributed by atoms with van der Waals surface area (Å²) in [6.07, 6.45) is 1.80. The number of hydrogen-bond donors (Lipinski definition) is 3. The maximum absolute atomic E-state index is 13.8. The van der Waals surface area contributed by atoms with Gasteiger partial charge in [-0.2, -0.15) is 0 Å². The first-order chi connectivity index (χ1) is 23.9. The first kappa shape index (κ1) is 37.7. The molecule has 0 aliphatic carbocycles. The number of carbonyl (C=O) groups excluding carboxylic acids is 3. The Bertz CT molecular complexity index is 1850. The second-order valence-electron chi connectivity index (χ2n) is 12.8. The van der Waals surface area contributed by atoms with Gasteiger partial charge in [0.1, 0.15) is 18.2 Å². The molecule has 3 amide bonds. The Morgan fingerprint density at radius 1 is 0.760 bits per heavy atom. The van der Waals surface area contributed by atoms with Crippen LogP contribution in [0.1, 0.15) is 51.2 Å². The van der Waals surface area contributed by atoms with Crippen molar-refractivity contribution in [1.82, 2.24) is 16.0 Å². The number of carbonyl (C=O) groups is 3. The van der Waals surface area contributed by atoms with Crippen LogP contribution in [0.3, 0.4) is 0 Å². The van der Waals surface area contributed by atoms with Crippen molar-refractivity contribution in [3.8, 4) is 0 Å². The fourth-order valence-corrected chi connectivity index (χ4v) is 6.48. The molecule has 4 rings (SSSR count). The molecule has 4 aromatic carbocycles. The second kappa shape index (κ2) is 18.0. The van der Waals surface area contributed by atoms with Crippen LogP contribution in [0.5, 0.6) is 0 Å². The summed E-state index contributed by atoms with van der Waals surface area (Å²) in [5, 5.41) is 10.8. The van der Waals surface area contributed by atoms with Crippen molar-refractivity contribution >= 4 is 38.7 Å². The average Bonchev–Trinajstić information content (AvgIpc) is 3.09. The van der Waals surface area contributed by atoms with Crippen molar-refractivity contribution in [2.75, 3.05) is 6.54 Å². The predicted molar refractivity (Wildman–Crippen MR) is 194 cm³/mol. The maximum Gasteiger partial charge on any atom is 0.408 e. The van der Waals surface area contributed by atoms with Gasteiger partial charge >= 0.3 is 12.2 Å². The minimum Gasteiger partial charge on any atom is -0.445 e. The highest BCUT2D eigenvalue weighted by Gasteiger charge is 2.25. The molecular formula is C39H45N3O7S. The van der Waals surface area contributed by atoms with E-state index in [1.165, 1.54) is 6.08 Å². The summed E-state index contributed by atoms with van der Waals surface area (Å²) in [6.45, 7) is 5.70. The smallest absolute Gasteiger partial charge is 0.408 e. The minimum absolute atomic E-state index is 0.0288. The SMILES string of the molecule is CC(C)(C)OC(=O)NCCCC[C@@H](/C=C/S(=O)(=O)c1cccc2ccccc12)NC(=O)[C@H](Cc1ccccc1)NC(=O)OCc1ccccc1. The molecule has 0 saturated carbocycles. The number of ether oxygens (including phenoxy) is 2. The molecule has 0 bridgehead atoms. The number of sulfone groups is 1. The third-order valence-corrected chi connectivity index (χ3v) is 9.07. The molecular weight excluding hydrogens is 655 g/mol. The predicted octanol–water partition coefficient (Wildman–Crippen LogP) is 6.84. The molecule has 0 aliphatic heterocycles. The highest BCUT2D eigenvalue weighted by atomic mass is 32.2. The van der Waals surface area contributed by atoms with E-state index in [0.29, 0.717) is 31.2 Å². The Balaban J connectivity index is 1.50. The topological polar surface area (TPSA) is 140 Å². The molecule has 50 heavy (non-hydrogen) atoms. The molecule has 0 aromatic heterocycles. The van der Waals surface area contributed by atoms with Gasteiger partial charge in [-0.1, -0.05) is 103 Å². The number of benzene rings is 4. The molecule has 0 unspecified atom stereocenters. The van der Waals surface area contributed by atoms with Crippen LogP contribution in [-0.2, 0) is 37.1 Å². The van der Waals surface area contributed by atoms with E-state index in [1.807, 2.05) is 78.9 Å². The fraction of sp³-hybridized carbons (Fsp3) is 0.308. The summed E-state index contributed by atoms with van der Waals surface area (Å²) in [4.78, 5) is 38.9. The van der Waals surface area contributed by atoms with Crippen molar-refractivity contribution in [1.29, 1.82) is 0 Å². The normalized spacial score (nSPS) is 12.9. The number of alkyl carbamates (subject to hydrolysis) is 2. The molecule has 11 heteroatoms. The molecule has 4 aromatic rings. The number of hydrogen-bond acceptors (Lipinski definition) is 7. The molecule has 0 aliphatic rings. The first-order valence-electron chi connectivity index (χ1n) is 16.6. The van der Waals surface area contributed by atoms with Crippen LogP contribution in [0.25, 0.3) is 10.8 Å². The summed E-state index contributed by atoms with van der Waals surface area (Å²) < 4.78 is 37.8. The van der Waals surface area contributed by atoms with Crippen LogP contribution in [0.4, 0.5) is 9.59 Å². The van der Waals surface area contributed by atoms with Gasteiger partial charge in [0, 0.05) is 29.8 Å². The number of rotatable bonds is 15. The van der Waals surface area contributed by atoms with E-state index < -0.39 is 45.6 Å². The van der Waals surface area contributed by atoms with Crippen LogP contribution in [-0.4, -0.2) is 50.7 Å². The molecule has 0 radical (unpaired) electrons. The Morgan fingerprint density at radius 3 is 2.10 bits per heavy atom. The summed E-state index contributed by atoms with van der Waals surface area (Å²) in [7, 11) is -3.90. The molecule has 0 saturated heterocycles. The van der Waals surface area contributed by atoms with E-state index >= 15 is 0 Å². The Labute approximate surface area is 294 Å². The number of amides is 3. The third kappa shape index (κ3) is 12.4. The number of nitrogens with one attached hydrogen (secondary N) is 3. The Hall–Kier alpha value is -5.16. The van der Waals surface area contributed by atoms with Crippen LogP contribution in [0, 0.1) is 0 Å². The van der Waals surface area contributed by atoms with Gasteiger partial charge in [-0.05, 0) is 62.6 Å². The van der Waals surface area contributed by atoms with Crippen LogP contribution in [0.2, 0.25) is 0 Å². The fourth-order valence-electron chi connectivity index (χ4n) is 5.18. The standard InChI is InChI=1S/C39H45N3O7S/c1-39(2,3)49-37(44)40-25-13-12-21-32(24-26-50(46,47)35-23-14-20-31-19-10-11-22-33(31)35)41-36(43)34(27-29-15-6-4-7-16-29)42-38(45)48-28-30-17-8-5-9-18-30/h4-11,14-20,22-24,26,32,34H,12-13,21,25,27-28H2,1-3H3,(H,40,44)(H,41,43)(H,42,45)/b26-24+/t32-,34-/m0/s1. The maximum atomic E-state index is 13.8. The van der Waals surface area contributed by atoms with Crippen LogP contribution in [0.15, 0.2) is 120 Å².